The van der Waals surface area contributed by atoms with E-state index in [1.165, 1.54) is 3.28 Å². The van der Waals surface area contributed by atoms with E-state index in [1.807, 2.05) is 38.7 Å². The third-order valence-corrected chi connectivity index (χ3v) is 64.2. The van der Waals surface area contributed by atoms with Gasteiger partial charge in [0.25, 0.3) is 0 Å². The van der Waals surface area contributed by atoms with Crippen molar-refractivity contribution in [3.63, 3.8) is 0 Å². The molecule has 0 aliphatic heterocycles. The molecule has 0 fully saturated rings. The van der Waals surface area contributed by atoms with E-state index in [0.29, 0.717) is 0 Å². The van der Waals surface area contributed by atoms with E-state index >= 15 is 3.50 Å². The molecule has 0 saturated carbocycles. The van der Waals surface area contributed by atoms with E-state index in [1.54, 1.807) is 0 Å². The Morgan fingerprint density at radius 3 is 1.94 bits per heavy atom. The molecular formula is C10H23FGeN3Zr. The van der Waals surface area contributed by atoms with Crippen molar-refractivity contribution in [1.29, 1.82) is 0 Å². The van der Waals surface area contributed by atoms with Crippen molar-refractivity contribution < 1.29 is 20.6 Å². The second-order valence-corrected chi connectivity index (χ2v) is 50.0. The quantitative estimate of drug-likeness (QED) is 0.646. The van der Waals surface area contributed by atoms with Crippen LogP contribution in [0.1, 0.15) is 6.42 Å². The van der Waals surface area contributed by atoms with Crippen molar-refractivity contribution >= 4 is 9.94 Å². The molecular weight excluding hydrogens is 345 g/mol. The van der Waals surface area contributed by atoms with E-state index in [0.717, 1.165) is 6.42 Å². The van der Waals surface area contributed by atoms with E-state index < -0.39 is 27.1 Å². The molecule has 1 rings (SSSR count). The summed E-state index contributed by atoms with van der Waals surface area (Å²) in [6, 6.07) is 0. The summed E-state index contributed by atoms with van der Waals surface area (Å²) >= 11 is -3.98. The molecule has 0 spiro atoms. The number of allylic oxidation sites excluding steroid dienone is 4. The van der Waals surface area contributed by atoms with E-state index in [2.05, 4.69) is 21.9 Å². The minimum absolute atomic E-state index is 0.867. The van der Waals surface area contributed by atoms with Crippen molar-refractivity contribution in [3.05, 3.63) is 21.5 Å². The van der Waals surface area contributed by atoms with Crippen molar-refractivity contribution in [1.82, 2.24) is 9.78 Å². The Bertz CT molecular complexity index is 320. The van der Waals surface area contributed by atoms with Gasteiger partial charge >= 0.3 is 101 Å². The molecule has 0 aromatic heterocycles. The van der Waals surface area contributed by atoms with E-state index in [9.17, 15) is 0 Å². The molecule has 0 amide bonds. The van der Waals surface area contributed by atoms with Crippen molar-refractivity contribution in [2.45, 2.75) is 17.9 Å². The van der Waals surface area contributed by atoms with Gasteiger partial charge in [-0.1, -0.05) is 0 Å². The predicted molar refractivity (Wildman–Crippen MR) is 67.6 cm³/mol. The van der Waals surface area contributed by atoms with Gasteiger partial charge in [0.05, 0.1) is 0 Å². The summed E-state index contributed by atoms with van der Waals surface area (Å²) in [5, 5.41) is 0. The number of hydrogen-bond acceptors (Lipinski definition) is 3. The van der Waals surface area contributed by atoms with Gasteiger partial charge in [-0.2, -0.15) is 0 Å². The summed E-state index contributed by atoms with van der Waals surface area (Å²) in [5.41, 5.74) is 0. The topological polar surface area (TPSA) is 36.1 Å². The fourth-order valence-corrected chi connectivity index (χ4v) is 49.7. The summed E-state index contributed by atoms with van der Waals surface area (Å²) < 4.78 is 26.5. The maximum absolute atomic E-state index is 15.0. The first-order chi connectivity index (χ1) is 7.37. The molecule has 0 unspecified atom stereocenters. The van der Waals surface area contributed by atoms with E-state index in [-0.39, 0.29) is 0 Å². The van der Waals surface area contributed by atoms with Crippen LogP contribution in [0.5, 0.6) is 0 Å². The van der Waals surface area contributed by atoms with Crippen LogP contribution < -0.4 is 9.78 Å². The number of rotatable bonds is 5. The normalized spacial score (nSPS) is 19.4. The Balaban J connectivity index is 3.41. The molecule has 0 atom stereocenters. The molecule has 1 aliphatic carbocycles. The van der Waals surface area contributed by atoms with E-state index in [4.69, 9.17) is 0 Å². The molecule has 6 heteroatoms. The fourth-order valence-electron chi connectivity index (χ4n) is 2.95. The van der Waals surface area contributed by atoms with Crippen molar-refractivity contribution in [2.75, 3.05) is 21.1 Å². The average molecular weight is 368 g/mol. The monoisotopic (exact) mass is 368 g/mol. The Morgan fingerprint density at radius 1 is 1.19 bits per heavy atom. The van der Waals surface area contributed by atoms with Crippen molar-refractivity contribution in [2.24, 2.45) is 0 Å². The summed E-state index contributed by atoms with van der Waals surface area (Å²) in [4.78, 5) is 0. The van der Waals surface area contributed by atoms with Gasteiger partial charge in [-0.3, -0.25) is 0 Å². The number of hydrogen-bond donors (Lipinski definition) is 3. The molecule has 0 aromatic carbocycles. The zero-order valence-corrected chi connectivity index (χ0v) is 15.4. The fraction of sp³-hybridized carbons (Fsp3) is 0.600. The molecule has 3 N–H and O–H groups in total. The Labute approximate surface area is 100 Å². The second kappa shape index (κ2) is 4.77. The van der Waals surface area contributed by atoms with Crippen LogP contribution >= 0.6 is 0 Å². The van der Waals surface area contributed by atoms with Gasteiger partial charge in [0, 0.05) is 0 Å². The number of halogens is 1. The third-order valence-electron chi connectivity index (χ3n) is 4.10. The Morgan fingerprint density at radius 2 is 1.69 bits per heavy atom. The van der Waals surface area contributed by atoms with Crippen LogP contribution in [0.15, 0.2) is 21.5 Å². The standard InChI is InChI=1S/C5H5.C2H6FGe.3CH4N.Zr/c1-2-4-5-3-1;1-4(2)3;3*1-2;/h1-3H,4H2;1-2H3;3*2H,1H3;/q;;3*-1;+3. The second-order valence-electron chi connectivity index (χ2n) is 4.80. The van der Waals surface area contributed by atoms with Gasteiger partial charge in [-0.05, 0) is 0 Å². The Kier molecular flexibility index (Phi) is 4.40. The van der Waals surface area contributed by atoms with Gasteiger partial charge in [-0.25, -0.2) is 0 Å². The van der Waals surface area contributed by atoms with Crippen LogP contribution in [0.2, 0.25) is 11.5 Å². The van der Waals surface area contributed by atoms with Crippen LogP contribution in [-0.4, -0.2) is 31.1 Å². The van der Waals surface area contributed by atoms with Crippen LogP contribution in [0, 0.1) is 0 Å². The van der Waals surface area contributed by atoms with Crippen LogP contribution in [0.4, 0.5) is 3.50 Å². The molecule has 0 heterocycles. The molecule has 16 heavy (non-hydrogen) atoms. The summed E-state index contributed by atoms with van der Waals surface area (Å²) in [7, 11) is 2.24. The number of nitrogens with one attached hydrogen (secondary N) is 3. The Hall–Kier alpha value is 0.716. The molecule has 0 aromatic rings. The van der Waals surface area contributed by atoms with Gasteiger partial charge < -0.3 is 0 Å². The SMILES string of the molecule is C[NH][Zr]([NH]C)([NH]C)([C]1=CC=CC1)[Ge]([CH3])([CH3])[F]. The zero-order chi connectivity index (χ0) is 12.5. The molecule has 0 radical (unpaired) electrons. The average Bonchev–Trinajstić information content (AvgIpc) is 2.74. The first kappa shape index (κ1) is 14.8. The summed E-state index contributed by atoms with van der Waals surface area (Å²) in [5.74, 6) is 3.68. The van der Waals surface area contributed by atoms with Crippen LogP contribution in [0.3, 0.4) is 0 Å². The predicted octanol–water partition coefficient (Wildman–Crippen LogP) is 1.59. The molecule has 3 nitrogen and oxygen atoms in total. The minimum atomic E-state index is -3.98. The van der Waals surface area contributed by atoms with Gasteiger partial charge in [0.1, 0.15) is 0 Å². The first-order valence-corrected chi connectivity index (χ1v) is 23.0. The molecule has 93 valence electrons. The van der Waals surface area contributed by atoms with Gasteiger partial charge in [0.15, 0.2) is 0 Å². The summed E-state index contributed by atoms with van der Waals surface area (Å²) in [6.45, 7) is 0. The third kappa shape index (κ3) is 1.76. The summed E-state index contributed by atoms with van der Waals surface area (Å²) in [6.07, 6.45) is 7.08. The first-order valence-electron chi connectivity index (χ1n) is 5.66. The maximum atomic E-state index is 15.0. The molecule has 1 aliphatic rings. The van der Waals surface area contributed by atoms with Crippen LogP contribution in [0.25, 0.3) is 0 Å². The molecule has 0 bridgehead atoms. The van der Waals surface area contributed by atoms with Crippen molar-refractivity contribution in [3.8, 4) is 0 Å². The van der Waals surface area contributed by atoms with Crippen LogP contribution in [-0.2, 0) is 17.1 Å². The van der Waals surface area contributed by atoms with Gasteiger partial charge in [0.2, 0.25) is 0 Å². The zero-order valence-electron chi connectivity index (χ0n) is 10.8. The molecule has 0 saturated heterocycles. The van der Waals surface area contributed by atoms with Gasteiger partial charge in [-0.15, -0.1) is 0 Å².